The fourth-order valence-electron chi connectivity index (χ4n) is 2.74. The lowest BCUT2D eigenvalue weighted by Crippen LogP contribution is -3.17. The first-order valence-corrected chi connectivity index (χ1v) is 7.45. The number of quaternary nitrogens is 1. The van der Waals surface area contributed by atoms with Crippen molar-refractivity contribution < 1.29 is 14.1 Å². The molecule has 20 heavy (non-hydrogen) atoms. The molecule has 1 heterocycles. The van der Waals surface area contributed by atoms with Crippen LogP contribution in [0.3, 0.4) is 0 Å². The molecule has 2 N–H and O–H groups in total. The quantitative estimate of drug-likeness (QED) is 0.881. The highest BCUT2D eigenvalue weighted by molar-refractivity contribution is 6.33. The van der Waals surface area contributed by atoms with Crippen LogP contribution in [-0.4, -0.2) is 25.0 Å². The van der Waals surface area contributed by atoms with Gasteiger partial charge < -0.3 is 10.2 Å². The first-order chi connectivity index (χ1) is 9.47. The van der Waals surface area contributed by atoms with E-state index >= 15 is 0 Å². The SMILES string of the molecule is C[C@@H]1CCC[NH+]([C@@H](C)C(=O)Nc2ccc(F)cc2Cl)C1. The van der Waals surface area contributed by atoms with Crippen molar-refractivity contribution in [2.24, 2.45) is 5.92 Å². The third kappa shape index (κ3) is 3.70. The molecule has 3 nitrogen and oxygen atoms in total. The molecule has 0 bridgehead atoms. The average molecular weight is 300 g/mol. The number of anilines is 1. The van der Waals surface area contributed by atoms with Gasteiger partial charge in [0.05, 0.1) is 23.8 Å². The smallest absolute Gasteiger partial charge is 0.282 e. The molecule has 0 saturated carbocycles. The Bertz CT molecular complexity index is 495. The predicted molar refractivity (Wildman–Crippen MR) is 78.6 cm³/mol. The Hall–Kier alpha value is -1.13. The van der Waals surface area contributed by atoms with Crippen molar-refractivity contribution in [3.8, 4) is 0 Å². The number of rotatable bonds is 3. The standard InChI is InChI=1S/C15H20ClFN2O/c1-10-4-3-7-19(9-10)11(2)15(20)18-14-6-5-12(17)8-13(14)16/h5-6,8,10-11H,3-4,7,9H2,1-2H3,(H,18,20)/p+1/t10-,11+/m1/s1. The number of hydrogen-bond acceptors (Lipinski definition) is 1. The average Bonchev–Trinajstić information content (AvgIpc) is 2.41. The summed E-state index contributed by atoms with van der Waals surface area (Å²) in [4.78, 5) is 13.6. The van der Waals surface area contributed by atoms with Crippen LogP contribution in [0.15, 0.2) is 18.2 Å². The number of hydrogen-bond donors (Lipinski definition) is 2. The maximum absolute atomic E-state index is 13.0. The molecule has 3 atom stereocenters. The highest BCUT2D eigenvalue weighted by Gasteiger charge is 2.29. The van der Waals surface area contributed by atoms with Crippen LogP contribution < -0.4 is 10.2 Å². The summed E-state index contributed by atoms with van der Waals surface area (Å²) in [7, 11) is 0. The van der Waals surface area contributed by atoms with Crippen LogP contribution in [0.5, 0.6) is 0 Å². The molecule has 1 aromatic rings. The highest BCUT2D eigenvalue weighted by Crippen LogP contribution is 2.22. The highest BCUT2D eigenvalue weighted by atomic mass is 35.5. The van der Waals surface area contributed by atoms with E-state index in [0.717, 1.165) is 19.5 Å². The molecule has 1 unspecified atom stereocenters. The number of amides is 1. The number of carbonyl (C=O) groups is 1. The van der Waals surface area contributed by atoms with Crippen molar-refractivity contribution >= 4 is 23.2 Å². The van der Waals surface area contributed by atoms with Gasteiger partial charge in [-0.05, 0) is 38.0 Å². The van der Waals surface area contributed by atoms with Gasteiger partial charge in [-0.15, -0.1) is 0 Å². The van der Waals surface area contributed by atoms with E-state index in [-0.39, 0.29) is 17.0 Å². The van der Waals surface area contributed by atoms with Crippen molar-refractivity contribution in [2.75, 3.05) is 18.4 Å². The Kier molecular flexibility index (Phi) is 5.00. The van der Waals surface area contributed by atoms with Gasteiger partial charge in [-0.25, -0.2) is 4.39 Å². The molecule has 1 amide bonds. The van der Waals surface area contributed by atoms with Gasteiger partial charge in [-0.1, -0.05) is 18.5 Å². The van der Waals surface area contributed by atoms with Crippen LogP contribution in [0, 0.1) is 11.7 Å². The molecule has 0 aliphatic carbocycles. The second kappa shape index (κ2) is 6.55. The summed E-state index contributed by atoms with van der Waals surface area (Å²) in [6, 6.07) is 3.87. The van der Waals surface area contributed by atoms with Crippen molar-refractivity contribution in [3.63, 3.8) is 0 Å². The van der Waals surface area contributed by atoms with Crippen LogP contribution in [0.2, 0.25) is 5.02 Å². The zero-order valence-corrected chi connectivity index (χ0v) is 12.6. The number of likely N-dealkylation sites (tertiary alicyclic amines) is 1. The molecule has 5 heteroatoms. The Morgan fingerprint density at radius 1 is 1.55 bits per heavy atom. The minimum Gasteiger partial charge on any atom is -0.325 e. The van der Waals surface area contributed by atoms with Gasteiger partial charge in [0.25, 0.3) is 5.91 Å². The fourth-order valence-corrected chi connectivity index (χ4v) is 2.95. The first-order valence-electron chi connectivity index (χ1n) is 7.08. The molecule has 2 rings (SSSR count). The second-order valence-corrected chi connectivity index (χ2v) is 6.10. The minimum atomic E-state index is -0.406. The van der Waals surface area contributed by atoms with Crippen molar-refractivity contribution in [3.05, 3.63) is 29.0 Å². The lowest BCUT2D eigenvalue weighted by Gasteiger charge is -2.31. The fraction of sp³-hybridized carbons (Fsp3) is 0.533. The lowest BCUT2D eigenvalue weighted by atomic mass is 9.99. The van der Waals surface area contributed by atoms with E-state index < -0.39 is 5.82 Å². The molecular weight excluding hydrogens is 279 g/mol. The molecule has 1 aliphatic rings. The summed E-state index contributed by atoms with van der Waals surface area (Å²) in [6.07, 6.45) is 2.40. The van der Waals surface area contributed by atoms with Gasteiger partial charge in [-0.2, -0.15) is 0 Å². The van der Waals surface area contributed by atoms with Crippen LogP contribution >= 0.6 is 11.6 Å². The maximum atomic E-state index is 13.0. The molecule has 1 saturated heterocycles. The van der Waals surface area contributed by atoms with Crippen LogP contribution in [0.4, 0.5) is 10.1 Å². The molecule has 0 spiro atoms. The number of carbonyl (C=O) groups excluding carboxylic acids is 1. The summed E-state index contributed by atoms with van der Waals surface area (Å²) in [5.74, 6) is 0.183. The zero-order valence-electron chi connectivity index (χ0n) is 11.9. The molecule has 0 aromatic heterocycles. The Balaban J connectivity index is 2.00. The summed E-state index contributed by atoms with van der Waals surface area (Å²) in [6.45, 7) is 6.20. The Labute approximate surface area is 124 Å². The third-order valence-corrected chi connectivity index (χ3v) is 4.31. The predicted octanol–water partition coefficient (Wildman–Crippen LogP) is 2.12. The largest absolute Gasteiger partial charge is 0.325 e. The number of nitrogens with one attached hydrogen (secondary N) is 2. The molecule has 0 radical (unpaired) electrons. The zero-order chi connectivity index (χ0) is 14.7. The van der Waals surface area contributed by atoms with Crippen molar-refractivity contribution in [2.45, 2.75) is 32.7 Å². The van der Waals surface area contributed by atoms with E-state index in [1.165, 1.54) is 29.5 Å². The van der Waals surface area contributed by atoms with Gasteiger partial charge in [0, 0.05) is 5.92 Å². The van der Waals surface area contributed by atoms with Gasteiger partial charge in [0.1, 0.15) is 5.82 Å². The number of piperidine rings is 1. The summed E-state index contributed by atoms with van der Waals surface area (Å²) in [5, 5.41) is 3.02. The third-order valence-electron chi connectivity index (χ3n) is 4.00. The molecule has 1 aromatic carbocycles. The minimum absolute atomic E-state index is 0.0670. The van der Waals surface area contributed by atoms with Gasteiger partial charge >= 0.3 is 0 Å². The van der Waals surface area contributed by atoms with Gasteiger partial charge in [0.2, 0.25) is 0 Å². The summed E-state index contributed by atoms with van der Waals surface area (Å²) < 4.78 is 13.0. The lowest BCUT2D eigenvalue weighted by molar-refractivity contribution is -0.922. The van der Waals surface area contributed by atoms with Crippen LogP contribution in [-0.2, 0) is 4.79 Å². The van der Waals surface area contributed by atoms with E-state index in [1.54, 1.807) is 0 Å². The molecule has 110 valence electrons. The van der Waals surface area contributed by atoms with Gasteiger partial charge in [0.15, 0.2) is 6.04 Å². The number of benzene rings is 1. The Morgan fingerprint density at radius 3 is 2.95 bits per heavy atom. The first kappa shape index (κ1) is 15.3. The van der Waals surface area contributed by atoms with E-state index in [0.29, 0.717) is 11.6 Å². The van der Waals surface area contributed by atoms with E-state index in [2.05, 4.69) is 12.2 Å². The monoisotopic (exact) mass is 299 g/mol. The van der Waals surface area contributed by atoms with Crippen molar-refractivity contribution in [1.82, 2.24) is 0 Å². The molecule has 1 aliphatic heterocycles. The van der Waals surface area contributed by atoms with Crippen LogP contribution in [0.1, 0.15) is 26.7 Å². The normalized spacial score (nSPS) is 24.2. The Morgan fingerprint density at radius 2 is 2.30 bits per heavy atom. The summed E-state index contributed by atoms with van der Waals surface area (Å²) >= 11 is 5.93. The van der Waals surface area contributed by atoms with E-state index in [4.69, 9.17) is 11.6 Å². The second-order valence-electron chi connectivity index (χ2n) is 5.69. The maximum Gasteiger partial charge on any atom is 0.282 e. The molecule has 1 fully saturated rings. The van der Waals surface area contributed by atoms with E-state index in [1.807, 2.05) is 6.92 Å². The topological polar surface area (TPSA) is 33.5 Å². The summed E-state index contributed by atoms with van der Waals surface area (Å²) in [5.41, 5.74) is 0.467. The van der Waals surface area contributed by atoms with Gasteiger partial charge in [-0.3, -0.25) is 4.79 Å². The molecular formula is C15H21ClFN2O+. The van der Waals surface area contributed by atoms with Crippen LogP contribution in [0.25, 0.3) is 0 Å². The van der Waals surface area contributed by atoms with Crippen molar-refractivity contribution in [1.29, 1.82) is 0 Å². The number of halogens is 2. The van der Waals surface area contributed by atoms with E-state index in [9.17, 15) is 9.18 Å².